The first kappa shape index (κ1) is 9.92. The van der Waals surface area contributed by atoms with Gasteiger partial charge in [-0.25, -0.2) is 15.0 Å². The molecule has 2 aromatic heterocycles. The summed E-state index contributed by atoms with van der Waals surface area (Å²) < 4.78 is 0. The van der Waals surface area contributed by atoms with E-state index in [2.05, 4.69) is 15.0 Å². The first-order valence-electron chi connectivity index (χ1n) is 4.42. The number of aromatic nitrogens is 3. The lowest BCUT2D eigenvalue weighted by Gasteiger charge is -1.96. The van der Waals surface area contributed by atoms with Crippen molar-refractivity contribution in [1.29, 1.82) is 0 Å². The van der Waals surface area contributed by atoms with E-state index >= 15 is 0 Å². The van der Waals surface area contributed by atoms with Crippen molar-refractivity contribution in [2.45, 2.75) is 13.8 Å². The highest BCUT2D eigenvalue weighted by atomic mass is 32.1. The molecule has 2 heterocycles. The minimum atomic E-state index is 0.0273. The Bertz CT molecular complexity index is 493. The zero-order chi connectivity index (χ0) is 10.8. The maximum Gasteiger partial charge on any atom is 0.172 e. The Morgan fingerprint density at radius 1 is 1.33 bits per heavy atom. The van der Waals surface area contributed by atoms with Crippen LogP contribution < -0.4 is 0 Å². The van der Waals surface area contributed by atoms with Gasteiger partial charge in [0.2, 0.25) is 0 Å². The summed E-state index contributed by atoms with van der Waals surface area (Å²) in [4.78, 5) is 24.2. The van der Waals surface area contributed by atoms with Gasteiger partial charge in [-0.1, -0.05) is 0 Å². The maximum atomic E-state index is 11.4. The van der Waals surface area contributed by atoms with Gasteiger partial charge in [-0.15, -0.1) is 11.3 Å². The topological polar surface area (TPSA) is 55.7 Å². The zero-order valence-corrected chi connectivity index (χ0v) is 9.21. The van der Waals surface area contributed by atoms with Gasteiger partial charge < -0.3 is 0 Å². The summed E-state index contributed by atoms with van der Waals surface area (Å²) in [6.45, 7) is 3.42. The number of carbonyl (C=O) groups excluding carboxylic acids is 1. The third kappa shape index (κ3) is 1.92. The molecule has 0 bridgehead atoms. The average Bonchev–Trinajstić information content (AvgIpc) is 2.62. The lowest BCUT2D eigenvalue weighted by Crippen LogP contribution is -1.92. The molecule has 15 heavy (non-hydrogen) atoms. The second-order valence-electron chi connectivity index (χ2n) is 3.09. The van der Waals surface area contributed by atoms with Crippen molar-refractivity contribution in [3.63, 3.8) is 0 Å². The third-order valence-electron chi connectivity index (χ3n) is 1.89. The van der Waals surface area contributed by atoms with E-state index in [1.807, 2.05) is 6.92 Å². The summed E-state index contributed by atoms with van der Waals surface area (Å²) in [5.74, 6) is 0.0273. The fourth-order valence-corrected chi connectivity index (χ4v) is 2.12. The molecule has 0 aliphatic rings. The summed E-state index contributed by atoms with van der Waals surface area (Å²) in [5, 5.41) is 0.874. The molecule has 5 heteroatoms. The van der Waals surface area contributed by atoms with Gasteiger partial charge in [0.15, 0.2) is 5.78 Å². The minimum Gasteiger partial charge on any atom is -0.294 e. The van der Waals surface area contributed by atoms with Crippen LogP contribution in [0.5, 0.6) is 0 Å². The van der Waals surface area contributed by atoms with Crippen molar-refractivity contribution < 1.29 is 4.79 Å². The average molecular weight is 219 g/mol. The maximum absolute atomic E-state index is 11.4. The predicted octanol–water partition coefficient (Wildman–Crippen LogP) is 2.11. The van der Waals surface area contributed by atoms with Crippen molar-refractivity contribution in [1.82, 2.24) is 15.0 Å². The van der Waals surface area contributed by atoms with Crippen LogP contribution in [-0.2, 0) is 0 Å². The van der Waals surface area contributed by atoms with Gasteiger partial charge in [0.1, 0.15) is 6.33 Å². The van der Waals surface area contributed by atoms with Gasteiger partial charge in [-0.2, -0.15) is 0 Å². The van der Waals surface area contributed by atoms with Crippen LogP contribution in [0.15, 0.2) is 18.7 Å². The van der Waals surface area contributed by atoms with Gasteiger partial charge in [-0.05, 0) is 6.92 Å². The van der Waals surface area contributed by atoms with Crippen molar-refractivity contribution in [3.05, 3.63) is 28.6 Å². The largest absolute Gasteiger partial charge is 0.294 e. The SMILES string of the molecule is CC(=O)c1sc(C)nc1-c1cncnc1. The van der Waals surface area contributed by atoms with Crippen LogP contribution in [0.4, 0.5) is 0 Å². The lowest BCUT2D eigenvalue weighted by atomic mass is 10.2. The molecule has 0 spiro atoms. The highest BCUT2D eigenvalue weighted by molar-refractivity contribution is 7.14. The summed E-state index contributed by atoms with van der Waals surface area (Å²) in [6.07, 6.45) is 4.78. The van der Waals surface area contributed by atoms with Crippen LogP contribution in [0, 0.1) is 6.92 Å². The monoisotopic (exact) mass is 219 g/mol. The highest BCUT2D eigenvalue weighted by Gasteiger charge is 2.14. The van der Waals surface area contributed by atoms with Gasteiger partial charge in [0, 0.05) is 24.9 Å². The van der Waals surface area contributed by atoms with Gasteiger partial charge in [0.25, 0.3) is 0 Å². The molecule has 0 unspecified atom stereocenters. The number of rotatable bonds is 2. The summed E-state index contributed by atoms with van der Waals surface area (Å²) >= 11 is 1.40. The molecule has 0 fully saturated rings. The molecule has 0 N–H and O–H groups in total. The molecule has 2 rings (SSSR count). The molecule has 0 saturated carbocycles. The smallest absolute Gasteiger partial charge is 0.172 e. The number of hydrogen-bond acceptors (Lipinski definition) is 5. The Hall–Kier alpha value is -1.62. The molecule has 0 aromatic carbocycles. The van der Waals surface area contributed by atoms with Gasteiger partial charge in [-0.3, -0.25) is 4.79 Å². The fourth-order valence-electron chi connectivity index (χ4n) is 1.28. The summed E-state index contributed by atoms with van der Waals surface area (Å²) in [5.41, 5.74) is 1.47. The number of Topliss-reactive ketones (excluding diaryl/α,β-unsaturated/α-hetero) is 1. The van der Waals surface area contributed by atoms with Crippen molar-refractivity contribution in [2.24, 2.45) is 0 Å². The Balaban J connectivity index is 2.58. The van der Waals surface area contributed by atoms with Crippen LogP contribution in [0.1, 0.15) is 21.6 Å². The Kier molecular flexibility index (Phi) is 2.55. The van der Waals surface area contributed by atoms with E-state index in [0.29, 0.717) is 10.6 Å². The summed E-state index contributed by atoms with van der Waals surface area (Å²) in [6, 6.07) is 0. The second-order valence-corrected chi connectivity index (χ2v) is 4.30. The lowest BCUT2D eigenvalue weighted by molar-refractivity contribution is 0.102. The number of aryl methyl sites for hydroxylation is 1. The van der Waals surface area contributed by atoms with E-state index in [1.165, 1.54) is 17.7 Å². The molecule has 0 amide bonds. The molecular formula is C10H9N3OS. The Morgan fingerprint density at radius 3 is 2.60 bits per heavy atom. The second kappa shape index (κ2) is 3.86. The Labute approximate surface area is 91.0 Å². The third-order valence-corrected chi connectivity index (χ3v) is 2.96. The van der Waals surface area contributed by atoms with Crippen molar-refractivity contribution in [2.75, 3.05) is 0 Å². The van der Waals surface area contributed by atoms with Crippen LogP contribution in [0.2, 0.25) is 0 Å². The Morgan fingerprint density at radius 2 is 2.00 bits per heavy atom. The van der Waals surface area contributed by atoms with Gasteiger partial charge in [0.05, 0.1) is 15.6 Å². The van der Waals surface area contributed by atoms with Crippen LogP contribution in [-0.4, -0.2) is 20.7 Å². The normalized spacial score (nSPS) is 10.3. The van der Waals surface area contributed by atoms with E-state index in [4.69, 9.17) is 0 Å². The van der Waals surface area contributed by atoms with Crippen LogP contribution in [0.3, 0.4) is 0 Å². The number of hydrogen-bond donors (Lipinski definition) is 0. The first-order chi connectivity index (χ1) is 7.18. The van der Waals surface area contributed by atoms with E-state index in [-0.39, 0.29) is 5.78 Å². The molecule has 76 valence electrons. The molecule has 0 atom stereocenters. The number of thiazole rings is 1. The number of carbonyl (C=O) groups is 1. The molecule has 0 aliphatic carbocycles. The minimum absolute atomic E-state index is 0.0273. The van der Waals surface area contributed by atoms with E-state index < -0.39 is 0 Å². The number of nitrogens with zero attached hydrogens (tertiary/aromatic N) is 3. The number of ketones is 1. The van der Waals surface area contributed by atoms with Gasteiger partial charge >= 0.3 is 0 Å². The van der Waals surface area contributed by atoms with Crippen LogP contribution >= 0.6 is 11.3 Å². The van der Waals surface area contributed by atoms with Crippen molar-refractivity contribution in [3.8, 4) is 11.3 Å². The van der Waals surface area contributed by atoms with Crippen LogP contribution in [0.25, 0.3) is 11.3 Å². The molecule has 0 radical (unpaired) electrons. The van der Waals surface area contributed by atoms with E-state index in [9.17, 15) is 4.79 Å². The van der Waals surface area contributed by atoms with E-state index in [1.54, 1.807) is 19.3 Å². The standard InChI is InChI=1S/C10H9N3OS/c1-6(14)10-9(13-7(2)15-10)8-3-11-5-12-4-8/h3-5H,1-2H3. The molecule has 0 aliphatic heterocycles. The van der Waals surface area contributed by atoms with Crippen molar-refractivity contribution >= 4 is 17.1 Å². The predicted molar refractivity (Wildman–Crippen MR) is 57.9 cm³/mol. The molecular weight excluding hydrogens is 210 g/mol. The first-order valence-corrected chi connectivity index (χ1v) is 5.24. The summed E-state index contributed by atoms with van der Waals surface area (Å²) in [7, 11) is 0. The quantitative estimate of drug-likeness (QED) is 0.726. The molecule has 4 nitrogen and oxygen atoms in total. The zero-order valence-electron chi connectivity index (χ0n) is 8.39. The fraction of sp³-hybridized carbons (Fsp3) is 0.200. The highest BCUT2D eigenvalue weighted by Crippen LogP contribution is 2.27. The van der Waals surface area contributed by atoms with E-state index in [0.717, 1.165) is 10.6 Å². The molecule has 0 saturated heterocycles. The molecule has 2 aromatic rings.